The average molecular weight is 367 g/mol. The molecule has 0 saturated carbocycles. The minimum Gasteiger partial charge on any atom is -0.445 e. The molecule has 0 spiro atoms. The highest BCUT2D eigenvalue weighted by atomic mass is 79.9. The van der Waals surface area contributed by atoms with Gasteiger partial charge in [0.15, 0.2) is 11.9 Å². The van der Waals surface area contributed by atoms with Gasteiger partial charge in [-0.05, 0) is 55.7 Å². The van der Waals surface area contributed by atoms with E-state index in [1.165, 1.54) is 0 Å². The first-order chi connectivity index (χ1) is 10.3. The lowest BCUT2D eigenvalue weighted by Crippen LogP contribution is -2.36. The highest BCUT2D eigenvalue weighted by Gasteiger charge is 2.36. The van der Waals surface area contributed by atoms with E-state index in [-0.39, 0.29) is 18.1 Å². The number of imidazole rings is 1. The molecule has 118 valence electrons. The Kier molecular flexibility index (Phi) is 3.94. The molecule has 0 amide bonds. The smallest absolute Gasteiger partial charge is 0.312 e. The third-order valence-electron chi connectivity index (χ3n) is 3.69. The highest BCUT2D eigenvalue weighted by molar-refractivity contribution is 9.10. The molecule has 2 aromatic rings. The Labute approximate surface area is 137 Å². The van der Waals surface area contributed by atoms with Crippen LogP contribution >= 0.6 is 15.9 Å². The van der Waals surface area contributed by atoms with Crippen molar-refractivity contribution < 1.29 is 9.53 Å². The number of pyridine rings is 1. The number of fused-ring (bicyclic) bond motifs is 1. The number of nitrogens with one attached hydrogen (secondary N) is 2. The highest BCUT2D eigenvalue weighted by Crippen LogP contribution is 2.30. The molecule has 2 N–H and O–H groups in total. The van der Waals surface area contributed by atoms with Crippen LogP contribution in [0, 0.1) is 5.41 Å². The van der Waals surface area contributed by atoms with Crippen LogP contribution in [0.15, 0.2) is 16.7 Å². The fourth-order valence-corrected chi connectivity index (χ4v) is 2.77. The lowest BCUT2D eigenvalue weighted by atomic mass is 9.97. The molecule has 1 aliphatic heterocycles. The van der Waals surface area contributed by atoms with Gasteiger partial charge < -0.3 is 9.72 Å². The van der Waals surface area contributed by atoms with Crippen LogP contribution in [0.25, 0.3) is 11.2 Å². The van der Waals surface area contributed by atoms with Gasteiger partial charge in [0.1, 0.15) is 5.82 Å². The van der Waals surface area contributed by atoms with Crippen LogP contribution in [0.4, 0.5) is 0 Å². The van der Waals surface area contributed by atoms with Crippen LogP contribution in [-0.2, 0) is 9.53 Å². The summed E-state index contributed by atoms with van der Waals surface area (Å²) in [6.07, 6.45) is 2.23. The maximum Gasteiger partial charge on any atom is 0.312 e. The molecule has 0 bridgehead atoms. The maximum absolute atomic E-state index is 12.1. The number of hydrogen-bond acceptors (Lipinski definition) is 5. The van der Waals surface area contributed by atoms with Crippen molar-refractivity contribution in [1.82, 2.24) is 20.3 Å². The molecule has 1 fully saturated rings. The molecule has 7 heteroatoms. The molecule has 3 rings (SSSR count). The molecule has 0 aliphatic carbocycles. The monoisotopic (exact) mass is 366 g/mol. The first kappa shape index (κ1) is 15.4. The minimum atomic E-state index is -0.519. The van der Waals surface area contributed by atoms with Gasteiger partial charge in [0.25, 0.3) is 0 Å². The number of aromatic amines is 1. The van der Waals surface area contributed by atoms with Gasteiger partial charge in [0.05, 0.1) is 16.8 Å². The van der Waals surface area contributed by atoms with Gasteiger partial charge in [-0.1, -0.05) is 0 Å². The van der Waals surface area contributed by atoms with Crippen LogP contribution in [0.5, 0.6) is 0 Å². The first-order valence-corrected chi connectivity index (χ1v) is 8.09. The number of hydrogen-bond donors (Lipinski definition) is 2. The Morgan fingerprint density at radius 1 is 1.45 bits per heavy atom. The van der Waals surface area contributed by atoms with E-state index < -0.39 is 5.41 Å². The standard InChI is InChI=1S/C15H19BrN4O2/c1-15(2,3)14(21)22-13-9(4-5-17-13)11-19-10-6-8(16)7-18-12(10)20-11/h6-7,9,13,17H,4-5H2,1-3H3,(H,18,19,20)/t9-,13?/m0/s1. The fourth-order valence-electron chi connectivity index (χ4n) is 2.44. The van der Waals surface area contributed by atoms with Crippen LogP contribution < -0.4 is 5.32 Å². The summed E-state index contributed by atoms with van der Waals surface area (Å²) in [7, 11) is 0. The van der Waals surface area contributed by atoms with Gasteiger partial charge in [-0.15, -0.1) is 0 Å². The Bertz CT molecular complexity index is 707. The topological polar surface area (TPSA) is 79.9 Å². The lowest BCUT2D eigenvalue weighted by Gasteiger charge is -2.23. The van der Waals surface area contributed by atoms with Crippen molar-refractivity contribution in [3.05, 3.63) is 22.6 Å². The van der Waals surface area contributed by atoms with Gasteiger partial charge in [-0.2, -0.15) is 0 Å². The zero-order valence-electron chi connectivity index (χ0n) is 12.8. The molecule has 1 unspecified atom stereocenters. The Hall–Kier alpha value is -1.47. The Balaban J connectivity index is 1.84. The normalized spacial score (nSPS) is 22.2. The summed E-state index contributed by atoms with van der Waals surface area (Å²) < 4.78 is 6.52. The summed E-state index contributed by atoms with van der Waals surface area (Å²) in [5.41, 5.74) is 1.03. The second-order valence-electron chi connectivity index (χ2n) is 6.57. The summed E-state index contributed by atoms with van der Waals surface area (Å²) >= 11 is 3.40. The predicted molar refractivity (Wildman–Crippen MR) is 86.3 cm³/mol. The van der Waals surface area contributed by atoms with E-state index in [1.807, 2.05) is 26.8 Å². The summed E-state index contributed by atoms with van der Waals surface area (Å²) in [6.45, 7) is 6.34. The van der Waals surface area contributed by atoms with E-state index >= 15 is 0 Å². The van der Waals surface area contributed by atoms with Crippen LogP contribution in [-0.4, -0.2) is 33.7 Å². The SMILES string of the molecule is CC(C)(C)C(=O)OC1NCC[C@H]1c1nc2ncc(Br)cc2[nH]1. The number of ether oxygens (including phenoxy) is 1. The number of halogens is 1. The van der Waals surface area contributed by atoms with Gasteiger partial charge in [0, 0.05) is 10.7 Å². The van der Waals surface area contributed by atoms with Gasteiger partial charge >= 0.3 is 5.97 Å². The average Bonchev–Trinajstić information content (AvgIpc) is 3.02. The molecule has 6 nitrogen and oxygen atoms in total. The summed E-state index contributed by atoms with van der Waals surface area (Å²) in [4.78, 5) is 24.2. The number of carbonyl (C=O) groups excluding carboxylic acids is 1. The Morgan fingerprint density at radius 3 is 2.95 bits per heavy atom. The molecule has 1 aliphatic rings. The van der Waals surface area contributed by atoms with Gasteiger partial charge in [-0.3, -0.25) is 10.1 Å². The van der Waals surface area contributed by atoms with Crippen molar-refractivity contribution in [2.24, 2.45) is 5.41 Å². The molecule has 2 aromatic heterocycles. The van der Waals surface area contributed by atoms with Crippen molar-refractivity contribution in [3.8, 4) is 0 Å². The van der Waals surface area contributed by atoms with Crippen molar-refractivity contribution in [1.29, 1.82) is 0 Å². The third-order valence-corrected chi connectivity index (χ3v) is 4.12. The number of rotatable bonds is 2. The molecule has 2 atom stereocenters. The quantitative estimate of drug-likeness (QED) is 0.798. The van der Waals surface area contributed by atoms with Crippen LogP contribution in [0.1, 0.15) is 38.9 Å². The van der Waals surface area contributed by atoms with Gasteiger partial charge in [-0.25, -0.2) is 9.97 Å². The number of aromatic nitrogens is 3. The van der Waals surface area contributed by atoms with E-state index in [4.69, 9.17) is 4.74 Å². The minimum absolute atomic E-state index is 0.0132. The molecular formula is C15H19BrN4O2. The van der Waals surface area contributed by atoms with Crippen LogP contribution in [0.3, 0.4) is 0 Å². The van der Waals surface area contributed by atoms with E-state index in [2.05, 4.69) is 36.2 Å². The number of nitrogens with zero attached hydrogens (tertiary/aromatic N) is 2. The number of esters is 1. The predicted octanol–water partition coefficient (Wildman–Crippen LogP) is 2.71. The molecule has 3 heterocycles. The zero-order chi connectivity index (χ0) is 15.9. The van der Waals surface area contributed by atoms with Gasteiger partial charge in [0.2, 0.25) is 0 Å². The Morgan fingerprint density at radius 2 is 2.23 bits per heavy atom. The molecule has 22 heavy (non-hydrogen) atoms. The van der Waals surface area contributed by atoms with Crippen molar-refractivity contribution in [2.75, 3.05) is 6.54 Å². The molecule has 0 radical (unpaired) electrons. The second kappa shape index (κ2) is 5.62. The van der Waals surface area contributed by atoms with Crippen molar-refractivity contribution in [2.45, 2.75) is 39.3 Å². The zero-order valence-corrected chi connectivity index (χ0v) is 14.4. The number of H-pyrrole nitrogens is 1. The second-order valence-corrected chi connectivity index (χ2v) is 7.49. The maximum atomic E-state index is 12.1. The van der Waals surface area contributed by atoms with E-state index in [9.17, 15) is 4.79 Å². The summed E-state index contributed by atoms with van der Waals surface area (Å²) in [6, 6.07) is 1.94. The third kappa shape index (κ3) is 3.01. The summed E-state index contributed by atoms with van der Waals surface area (Å²) in [5, 5.41) is 3.23. The van der Waals surface area contributed by atoms with Crippen LogP contribution in [0.2, 0.25) is 0 Å². The van der Waals surface area contributed by atoms with E-state index in [0.29, 0.717) is 5.65 Å². The lowest BCUT2D eigenvalue weighted by molar-refractivity contribution is -0.160. The number of carbonyl (C=O) groups is 1. The largest absolute Gasteiger partial charge is 0.445 e. The summed E-state index contributed by atoms with van der Waals surface area (Å²) in [5.74, 6) is 0.602. The molecule has 0 aromatic carbocycles. The van der Waals surface area contributed by atoms with E-state index in [0.717, 1.165) is 28.8 Å². The van der Waals surface area contributed by atoms with Crippen molar-refractivity contribution >= 4 is 33.1 Å². The molecular weight excluding hydrogens is 348 g/mol. The van der Waals surface area contributed by atoms with Crippen molar-refractivity contribution in [3.63, 3.8) is 0 Å². The van der Waals surface area contributed by atoms with E-state index in [1.54, 1.807) is 6.20 Å². The fraction of sp³-hybridized carbons (Fsp3) is 0.533. The first-order valence-electron chi connectivity index (χ1n) is 7.30. The molecule has 1 saturated heterocycles.